The van der Waals surface area contributed by atoms with Crippen molar-refractivity contribution in [2.24, 2.45) is 0 Å². The minimum Gasteiger partial charge on any atom is -0.619 e. The number of carbonyl (C=O) groups excluding carboxylic acids is 2. The molecule has 2 heterocycles. The number of sulfonamides is 1. The molecule has 0 bridgehead atoms. The van der Waals surface area contributed by atoms with Crippen molar-refractivity contribution in [1.82, 2.24) is 0 Å². The van der Waals surface area contributed by atoms with Crippen LogP contribution in [0.4, 0.5) is 11.4 Å². The number of amides is 2. The quantitative estimate of drug-likeness (QED) is 0.300. The van der Waals surface area contributed by atoms with Crippen molar-refractivity contribution in [2.75, 3.05) is 16.7 Å². The average Bonchev–Trinajstić information content (AvgIpc) is 3.07. The number of nitrogens with one attached hydrogen (secondary N) is 1. The zero-order valence-electron chi connectivity index (χ0n) is 20.2. The van der Waals surface area contributed by atoms with Crippen LogP contribution in [0.25, 0.3) is 0 Å². The topological polar surface area (TPSA) is 120 Å². The molecule has 0 saturated carbocycles. The monoisotopic (exact) mass is 529 g/mol. The molecule has 2 aromatic carbocycles. The molecule has 0 aliphatic carbocycles. The number of pyridine rings is 1. The van der Waals surface area contributed by atoms with E-state index < -0.39 is 21.8 Å². The van der Waals surface area contributed by atoms with Crippen LogP contribution in [-0.2, 0) is 15.4 Å². The Labute approximate surface area is 213 Å². The Bertz CT molecular complexity index is 1510. The predicted molar refractivity (Wildman–Crippen MR) is 135 cm³/mol. The largest absolute Gasteiger partial charge is 0.619 e. The summed E-state index contributed by atoms with van der Waals surface area (Å²) < 4.78 is 34.3. The summed E-state index contributed by atoms with van der Waals surface area (Å²) in [7, 11) is -2.75. The first-order chi connectivity index (χ1) is 16.8. The van der Waals surface area contributed by atoms with E-state index in [0.29, 0.717) is 10.3 Å². The van der Waals surface area contributed by atoms with Gasteiger partial charge in [-0.15, -0.1) is 0 Å². The van der Waals surface area contributed by atoms with E-state index in [1.807, 2.05) is 20.8 Å². The molecule has 0 spiro atoms. The Hall–Kier alpha value is -3.63. The third-order valence-corrected chi connectivity index (χ3v) is 7.67. The highest BCUT2D eigenvalue weighted by Gasteiger charge is 2.43. The number of benzene rings is 2. The van der Waals surface area contributed by atoms with Crippen LogP contribution < -0.4 is 19.1 Å². The molecule has 1 aromatic heterocycles. The number of hydrogen-bond acceptors (Lipinski definition) is 6. The van der Waals surface area contributed by atoms with Gasteiger partial charge < -0.3 is 9.94 Å². The van der Waals surface area contributed by atoms with Crippen LogP contribution in [0.1, 0.15) is 52.6 Å². The first-order valence-corrected chi connectivity index (χ1v) is 12.7. The molecule has 11 heteroatoms. The predicted octanol–water partition coefficient (Wildman–Crippen LogP) is 4.19. The number of hydrogen-bond donors (Lipinski definition) is 1. The number of imide groups is 1. The van der Waals surface area contributed by atoms with Gasteiger partial charge in [-0.25, -0.2) is 13.3 Å². The minimum atomic E-state index is -4.11. The van der Waals surface area contributed by atoms with E-state index >= 15 is 0 Å². The Morgan fingerprint density at radius 3 is 2.19 bits per heavy atom. The third kappa shape index (κ3) is 4.27. The normalized spacial score (nSPS) is 13.7. The van der Waals surface area contributed by atoms with Crippen LogP contribution in [0.15, 0.2) is 53.7 Å². The van der Waals surface area contributed by atoms with Gasteiger partial charge in [0.2, 0.25) is 12.4 Å². The van der Waals surface area contributed by atoms with Crippen LogP contribution in [-0.4, -0.2) is 27.3 Å². The number of ether oxygens (including phenoxy) is 1. The van der Waals surface area contributed by atoms with Crippen molar-refractivity contribution in [2.45, 2.75) is 38.0 Å². The second kappa shape index (κ2) is 8.79. The van der Waals surface area contributed by atoms with Gasteiger partial charge in [0, 0.05) is 5.56 Å². The lowest BCUT2D eigenvalue weighted by Gasteiger charge is -2.19. The first-order valence-electron chi connectivity index (χ1n) is 10.9. The fraction of sp³-hybridized carbons (Fsp3) is 0.240. The fourth-order valence-corrected chi connectivity index (χ4v) is 5.30. The lowest BCUT2D eigenvalue weighted by Crippen LogP contribution is -2.34. The Kier molecular flexibility index (Phi) is 6.22. The number of nitrogens with zero attached hydrogens (tertiary/aromatic N) is 2. The first kappa shape index (κ1) is 25.5. The van der Waals surface area contributed by atoms with Crippen molar-refractivity contribution in [1.29, 1.82) is 0 Å². The highest BCUT2D eigenvalue weighted by Crippen LogP contribution is 2.39. The Morgan fingerprint density at radius 2 is 1.61 bits per heavy atom. The molecule has 0 unspecified atom stereocenters. The zero-order valence-corrected chi connectivity index (χ0v) is 21.8. The molecule has 0 fully saturated rings. The highest BCUT2D eigenvalue weighted by atomic mass is 35.5. The van der Waals surface area contributed by atoms with Gasteiger partial charge >= 0.3 is 0 Å². The number of halogens is 1. The maximum absolute atomic E-state index is 13.5. The van der Waals surface area contributed by atoms with Crippen molar-refractivity contribution in [3.8, 4) is 5.75 Å². The molecule has 4 rings (SSSR count). The second-order valence-electron chi connectivity index (χ2n) is 9.37. The van der Waals surface area contributed by atoms with Gasteiger partial charge in [0.05, 0.1) is 33.8 Å². The van der Waals surface area contributed by atoms with Crippen molar-refractivity contribution < 1.29 is 27.5 Å². The summed E-state index contributed by atoms with van der Waals surface area (Å²) in [5.74, 6) is -1.44. The number of anilines is 2. The summed E-state index contributed by atoms with van der Waals surface area (Å²) in [5.41, 5.74) is 0.685. The van der Waals surface area contributed by atoms with Gasteiger partial charge in [0.15, 0.2) is 5.75 Å². The molecule has 1 aliphatic rings. The minimum absolute atomic E-state index is 0.00167. The van der Waals surface area contributed by atoms with Gasteiger partial charge in [-0.1, -0.05) is 44.5 Å². The number of methoxy groups -OCH3 is 1. The molecule has 1 aliphatic heterocycles. The third-order valence-electron chi connectivity index (χ3n) is 5.97. The maximum atomic E-state index is 13.5. The molecule has 0 atom stereocenters. The van der Waals surface area contributed by atoms with E-state index in [1.165, 1.54) is 31.4 Å². The summed E-state index contributed by atoms with van der Waals surface area (Å²) in [6.07, 6.45) is 2.22. The van der Waals surface area contributed by atoms with E-state index in [0.717, 1.165) is 22.9 Å². The molecule has 3 aromatic rings. The number of aromatic nitrogens is 1. The van der Waals surface area contributed by atoms with Crippen molar-refractivity contribution in [3.63, 3.8) is 0 Å². The average molecular weight is 530 g/mol. The molecule has 0 saturated heterocycles. The Morgan fingerprint density at radius 1 is 1.00 bits per heavy atom. The standard InChI is InChI=1S/C25H24ClN3O6S/c1-14-19(12-28(32)13-20(14)35-5)29-23(30)21-17(26)10-11-18(22(21)24(29)31)27-36(33,34)16-8-6-15(7-9-16)25(2,3)4/h6-13,27H,1-5H3. The summed E-state index contributed by atoms with van der Waals surface area (Å²) in [5, 5.41) is 12.1. The van der Waals surface area contributed by atoms with E-state index in [-0.39, 0.29) is 43.6 Å². The molecule has 0 radical (unpaired) electrons. The van der Waals surface area contributed by atoms with E-state index in [1.54, 1.807) is 19.1 Å². The van der Waals surface area contributed by atoms with Crippen LogP contribution in [0, 0.1) is 12.1 Å². The Balaban J connectivity index is 1.77. The van der Waals surface area contributed by atoms with Crippen LogP contribution in [0.2, 0.25) is 5.02 Å². The van der Waals surface area contributed by atoms with Gasteiger partial charge in [-0.3, -0.25) is 14.3 Å². The molecular formula is C25H24ClN3O6S. The summed E-state index contributed by atoms with van der Waals surface area (Å²) in [4.78, 5) is 27.6. The van der Waals surface area contributed by atoms with E-state index in [9.17, 15) is 23.2 Å². The molecule has 36 heavy (non-hydrogen) atoms. The fourth-order valence-electron chi connectivity index (χ4n) is 3.99. The number of carbonyl (C=O) groups is 2. The molecule has 188 valence electrons. The van der Waals surface area contributed by atoms with Gasteiger partial charge in [-0.2, -0.15) is 4.73 Å². The molecular weight excluding hydrogens is 506 g/mol. The summed E-state index contributed by atoms with van der Waals surface area (Å²) >= 11 is 6.26. The number of fused-ring (bicyclic) bond motifs is 1. The maximum Gasteiger partial charge on any atom is 0.268 e. The van der Waals surface area contributed by atoms with Crippen LogP contribution in [0.5, 0.6) is 5.75 Å². The van der Waals surface area contributed by atoms with E-state index in [4.69, 9.17) is 16.3 Å². The molecule has 1 N–H and O–H groups in total. The number of rotatable bonds is 5. The molecule has 9 nitrogen and oxygen atoms in total. The smallest absolute Gasteiger partial charge is 0.268 e. The second-order valence-corrected chi connectivity index (χ2v) is 11.5. The lowest BCUT2D eigenvalue weighted by atomic mass is 9.87. The summed E-state index contributed by atoms with van der Waals surface area (Å²) in [6.45, 7) is 7.62. The van der Waals surface area contributed by atoms with Gasteiger partial charge in [0.25, 0.3) is 21.8 Å². The van der Waals surface area contributed by atoms with Gasteiger partial charge in [0.1, 0.15) is 5.69 Å². The van der Waals surface area contributed by atoms with E-state index in [2.05, 4.69) is 4.72 Å². The zero-order chi connectivity index (χ0) is 26.6. The SMILES string of the molecule is COc1c[n+]([O-])cc(N2C(=O)c3c(Cl)ccc(NS(=O)(=O)c4ccc(C(C)(C)C)cc4)c3C2=O)c1C. The summed E-state index contributed by atoms with van der Waals surface area (Å²) in [6, 6.07) is 9.06. The van der Waals surface area contributed by atoms with Crippen LogP contribution >= 0.6 is 11.6 Å². The van der Waals surface area contributed by atoms with Crippen LogP contribution in [0.3, 0.4) is 0 Å². The molecule has 2 amide bonds. The lowest BCUT2D eigenvalue weighted by molar-refractivity contribution is -0.605. The van der Waals surface area contributed by atoms with Gasteiger partial charge in [-0.05, 0) is 42.2 Å². The highest BCUT2D eigenvalue weighted by molar-refractivity contribution is 7.92. The van der Waals surface area contributed by atoms with Crippen molar-refractivity contribution in [3.05, 3.63) is 81.3 Å². The van der Waals surface area contributed by atoms with Crippen molar-refractivity contribution >= 4 is 44.8 Å².